The van der Waals surface area contributed by atoms with Crippen LogP contribution in [0.4, 0.5) is 0 Å². The molecule has 2 heterocycles. The summed E-state index contributed by atoms with van der Waals surface area (Å²) in [5.74, 6) is 0. The van der Waals surface area contributed by atoms with Crippen molar-refractivity contribution in [3.8, 4) is 0 Å². The summed E-state index contributed by atoms with van der Waals surface area (Å²) in [5, 5.41) is 5.37. The van der Waals surface area contributed by atoms with Crippen LogP contribution >= 0.6 is 11.6 Å². The number of ether oxygens (including phenoxy) is 1. The van der Waals surface area contributed by atoms with Gasteiger partial charge >= 0.3 is 0 Å². The van der Waals surface area contributed by atoms with Gasteiger partial charge in [0.15, 0.2) is 0 Å². The van der Waals surface area contributed by atoms with Crippen LogP contribution in [0, 0.1) is 0 Å². The Labute approximate surface area is 112 Å². The van der Waals surface area contributed by atoms with Crippen molar-refractivity contribution in [3.63, 3.8) is 0 Å². The zero-order valence-electron chi connectivity index (χ0n) is 10.4. The van der Waals surface area contributed by atoms with E-state index in [1.165, 1.54) is 16.6 Å². The van der Waals surface area contributed by atoms with Gasteiger partial charge in [-0.05, 0) is 37.2 Å². The van der Waals surface area contributed by atoms with Crippen LogP contribution in [0.2, 0.25) is 5.02 Å². The molecule has 1 fully saturated rings. The normalized spacial score (nSPS) is 21.1. The summed E-state index contributed by atoms with van der Waals surface area (Å²) in [6, 6.07) is 8.18. The Bertz CT molecular complexity index is 556. The molecule has 0 amide bonds. The standard InChI is InChI=1S/C14H17ClN2O/c1-17-12-4-3-11(15)7-10(12)8-13(17)14-9-16-5-2-6-18-14/h3-4,7-8,14,16H,2,5-6,9H2,1H3. The number of fused-ring (bicyclic) bond motifs is 1. The summed E-state index contributed by atoms with van der Waals surface area (Å²) in [7, 11) is 2.08. The Kier molecular flexibility index (Phi) is 3.29. The molecule has 3 rings (SSSR count). The van der Waals surface area contributed by atoms with Gasteiger partial charge in [0.25, 0.3) is 0 Å². The molecule has 1 unspecified atom stereocenters. The third-order valence-electron chi connectivity index (χ3n) is 3.52. The van der Waals surface area contributed by atoms with E-state index in [9.17, 15) is 0 Å². The van der Waals surface area contributed by atoms with Crippen molar-refractivity contribution in [1.82, 2.24) is 9.88 Å². The lowest BCUT2D eigenvalue weighted by Crippen LogP contribution is -2.21. The summed E-state index contributed by atoms with van der Waals surface area (Å²) in [6.07, 6.45) is 1.20. The van der Waals surface area contributed by atoms with Gasteiger partial charge in [0.1, 0.15) is 6.10 Å². The minimum Gasteiger partial charge on any atom is -0.371 e. The first kappa shape index (κ1) is 12.0. The van der Waals surface area contributed by atoms with Crippen LogP contribution in [0.25, 0.3) is 10.9 Å². The van der Waals surface area contributed by atoms with Gasteiger partial charge < -0.3 is 14.6 Å². The third kappa shape index (κ3) is 2.14. The molecule has 0 saturated carbocycles. The first-order valence-electron chi connectivity index (χ1n) is 6.33. The fourth-order valence-corrected chi connectivity index (χ4v) is 2.74. The molecule has 1 aromatic carbocycles. The molecule has 1 saturated heterocycles. The molecule has 0 aliphatic carbocycles. The molecule has 96 valence electrons. The van der Waals surface area contributed by atoms with Crippen molar-refractivity contribution in [2.24, 2.45) is 7.05 Å². The van der Waals surface area contributed by atoms with Crippen LogP contribution in [0.1, 0.15) is 18.2 Å². The fraction of sp³-hybridized carbons (Fsp3) is 0.429. The molecule has 1 N–H and O–H groups in total. The van der Waals surface area contributed by atoms with E-state index >= 15 is 0 Å². The second kappa shape index (κ2) is 4.92. The van der Waals surface area contributed by atoms with Crippen LogP contribution in [0.15, 0.2) is 24.3 Å². The molecule has 0 spiro atoms. The summed E-state index contributed by atoms with van der Waals surface area (Å²) < 4.78 is 8.11. The van der Waals surface area contributed by atoms with Crippen LogP contribution in [0.5, 0.6) is 0 Å². The average Bonchev–Trinajstić information content (AvgIpc) is 2.57. The summed E-state index contributed by atoms with van der Waals surface area (Å²) in [6.45, 7) is 2.73. The van der Waals surface area contributed by atoms with E-state index in [4.69, 9.17) is 16.3 Å². The van der Waals surface area contributed by atoms with Gasteiger partial charge in [0.05, 0.1) is 0 Å². The Morgan fingerprint density at radius 3 is 3.17 bits per heavy atom. The number of nitrogens with one attached hydrogen (secondary N) is 1. The maximum atomic E-state index is 6.04. The molecule has 1 aromatic heterocycles. The third-order valence-corrected chi connectivity index (χ3v) is 3.75. The maximum Gasteiger partial charge on any atom is 0.110 e. The molecule has 3 nitrogen and oxygen atoms in total. The fourth-order valence-electron chi connectivity index (χ4n) is 2.56. The van der Waals surface area contributed by atoms with E-state index in [0.717, 1.165) is 31.1 Å². The molecule has 0 radical (unpaired) electrons. The van der Waals surface area contributed by atoms with Crippen molar-refractivity contribution in [2.45, 2.75) is 12.5 Å². The SMILES string of the molecule is Cn1c(C2CNCCCO2)cc2cc(Cl)ccc21. The quantitative estimate of drug-likeness (QED) is 0.857. The van der Waals surface area contributed by atoms with E-state index < -0.39 is 0 Å². The van der Waals surface area contributed by atoms with Gasteiger partial charge in [-0.3, -0.25) is 0 Å². The van der Waals surface area contributed by atoms with E-state index in [2.05, 4.69) is 29.1 Å². The van der Waals surface area contributed by atoms with Crippen molar-refractivity contribution in [1.29, 1.82) is 0 Å². The Balaban J connectivity index is 2.02. The number of hydrogen-bond acceptors (Lipinski definition) is 2. The predicted octanol–water partition coefficient (Wildman–Crippen LogP) is 2.88. The minimum absolute atomic E-state index is 0.128. The predicted molar refractivity (Wildman–Crippen MR) is 74.1 cm³/mol. The lowest BCUT2D eigenvalue weighted by molar-refractivity contribution is 0.0623. The first-order chi connectivity index (χ1) is 8.75. The molecule has 0 bridgehead atoms. The summed E-state index contributed by atoms with van der Waals surface area (Å²) >= 11 is 6.04. The number of nitrogens with zero attached hydrogens (tertiary/aromatic N) is 1. The highest BCUT2D eigenvalue weighted by atomic mass is 35.5. The van der Waals surface area contributed by atoms with Gasteiger partial charge in [-0.2, -0.15) is 0 Å². The largest absolute Gasteiger partial charge is 0.371 e. The molecule has 1 aliphatic rings. The van der Waals surface area contributed by atoms with Gasteiger partial charge in [-0.15, -0.1) is 0 Å². The van der Waals surface area contributed by atoms with Gasteiger partial charge in [-0.1, -0.05) is 11.6 Å². The van der Waals surface area contributed by atoms with Crippen LogP contribution in [-0.2, 0) is 11.8 Å². The Morgan fingerprint density at radius 2 is 2.28 bits per heavy atom. The number of halogens is 1. The summed E-state index contributed by atoms with van der Waals surface area (Å²) in [5.41, 5.74) is 2.41. The van der Waals surface area contributed by atoms with E-state index in [-0.39, 0.29) is 6.10 Å². The van der Waals surface area contributed by atoms with E-state index in [1.807, 2.05) is 12.1 Å². The second-order valence-electron chi connectivity index (χ2n) is 4.75. The highest BCUT2D eigenvalue weighted by molar-refractivity contribution is 6.31. The average molecular weight is 265 g/mol. The molecule has 1 atom stereocenters. The lowest BCUT2D eigenvalue weighted by Gasteiger charge is -2.16. The van der Waals surface area contributed by atoms with Gasteiger partial charge in [0.2, 0.25) is 0 Å². The first-order valence-corrected chi connectivity index (χ1v) is 6.71. The zero-order chi connectivity index (χ0) is 12.5. The van der Waals surface area contributed by atoms with E-state index in [0.29, 0.717) is 0 Å². The second-order valence-corrected chi connectivity index (χ2v) is 5.18. The highest BCUT2D eigenvalue weighted by Gasteiger charge is 2.19. The highest BCUT2D eigenvalue weighted by Crippen LogP contribution is 2.27. The summed E-state index contributed by atoms with van der Waals surface area (Å²) in [4.78, 5) is 0. The molecular weight excluding hydrogens is 248 g/mol. The van der Waals surface area contributed by atoms with Crippen molar-refractivity contribution >= 4 is 22.5 Å². The zero-order valence-corrected chi connectivity index (χ0v) is 11.2. The smallest absolute Gasteiger partial charge is 0.110 e. The number of rotatable bonds is 1. The van der Waals surface area contributed by atoms with Crippen LogP contribution < -0.4 is 5.32 Å². The Morgan fingerprint density at radius 1 is 1.39 bits per heavy atom. The van der Waals surface area contributed by atoms with E-state index in [1.54, 1.807) is 0 Å². The van der Waals surface area contributed by atoms with Crippen molar-refractivity contribution in [2.75, 3.05) is 19.7 Å². The van der Waals surface area contributed by atoms with Crippen LogP contribution in [0.3, 0.4) is 0 Å². The monoisotopic (exact) mass is 264 g/mol. The number of hydrogen-bond donors (Lipinski definition) is 1. The van der Waals surface area contributed by atoms with Gasteiger partial charge in [0, 0.05) is 41.8 Å². The van der Waals surface area contributed by atoms with Crippen molar-refractivity contribution < 1.29 is 4.74 Å². The number of benzene rings is 1. The maximum absolute atomic E-state index is 6.04. The van der Waals surface area contributed by atoms with Crippen molar-refractivity contribution in [3.05, 3.63) is 35.0 Å². The van der Waals surface area contributed by atoms with Gasteiger partial charge in [-0.25, -0.2) is 0 Å². The van der Waals surface area contributed by atoms with Crippen LogP contribution in [-0.4, -0.2) is 24.3 Å². The minimum atomic E-state index is 0.128. The topological polar surface area (TPSA) is 26.2 Å². The molecular formula is C14H17ClN2O. The number of aromatic nitrogens is 1. The molecule has 4 heteroatoms. The molecule has 1 aliphatic heterocycles. The molecule has 2 aromatic rings. The molecule has 18 heavy (non-hydrogen) atoms. The Hall–Kier alpha value is -1.03. The number of aryl methyl sites for hydroxylation is 1. The lowest BCUT2D eigenvalue weighted by atomic mass is 10.2.